The number of fused-ring (bicyclic) bond motifs is 10. The van der Waals surface area contributed by atoms with Gasteiger partial charge in [0.05, 0.1) is 66.1 Å². The third-order valence-corrected chi connectivity index (χ3v) is 11.2. The second-order valence-electron chi connectivity index (χ2n) is 9.30. The van der Waals surface area contributed by atoms with Gasteiger partial charge in [0.2, 0.25) is 0 Å². The van der Waals surface area contributed by atoms with Crippen molar-refractivity contribution in [3.8, 4) is 0 Å². The van der Waals surface area contributed by atoms with Crippen LogP contribution in [-0.4, -0.2) is 0 Å². The van der Waals surface area contributed by atoms with Crippen LogP contribution in [0.25, 0.3) is 0 Å². The summed E-state index contributed by atoms with van der Waals surface area (Å²) in [7, 11) is 0. The first-order valence-electron chi connectivity index (χ1n) is 13.0. The van der Waals surface area contributed by atoms with Crippen molar-refractivity contribution >= 4 is 56.7 Å². The lowest BCUT2D eigenvalue weighted by molar-refractivity contribution is 0.110. The predicted molar refractivity (Wildman–Crippen MR) is 164 cm³/mol. The van der Waals surface area contributed by atoms with Crippen LogP contribution in [0, 0.1) is 0 Å². The summed E-state index contributed by atoms with van der Waals surface area (Å²) in [4.78, 5) is 12.2. The molecule has 0 amide bonds. The maximum atomic E-state index is 5.99. The lowest BCUT2D eigenvalue weighted by Gasteiger charge is -2.03. The highest BCUT2D eigenvalue weighted by atomic mass is 32.1. The summed E-state index contributed by atoms with van der Waals surface area (Å²) in [5, 5.41) is 0. The first-order chi connectivity index (χ1) is 19.7. The summed E-state index contributed by atoms with van der Waals surface area (Å²) in [6.45, 7) is 6.11. The molecule has 0 radical (unpaired) electrons. The van der Waals surface area contributed by atoms with Crippen LogP contribution in [0.3, 0.4) is 0 Å². The Morgan fingerprint density at radius 3 is 0.500 bits per heavy atom. The zero-order valence-corrected chi connectivity index (χ0v) is 26.0. The van der Waals surface area contributed by atoms with Gasteiger partial charge in [-0.25, -0.2) is 0 Å². The molecule has 0 spiro atoms. The lowest BCUT2D eigenvalue weighted by Crippen LogP contribution is -1.91. The molecule has 0 saturated heterocycles. The molecule has 0 unspecified atom stereocenters. The highest BCUT2D eigenvalue weighted by molar-refractivity contribution is 7.13. The standard InChI is InChI=1S/C30H30O5S5/c1-2-22-12-32-14-24-5-6-26(38-24)16-34-18-28-9-10-30(40-28)20-35-19-29-8-7-27(39-29)17-33-15-25-4-3-23(37-25)13-31-11-21(1)36-22/h1-10H,11-20H2. The lowest BCUT2D eigenvalue weighted by atomic mass is 10.4. The number of rotatable bonds is 0. The van der Waals surface area contributed by atoms with E-state index in [1.54, 1.807) is 56.7 Å². The van der Waals surface area contributed by atoms with Crippen LogP contribution in [-0.2, 0) is 89.8 Å². The molecule has 6 heterocycles. The number of hydrogen-bond acceptors (Lipinski definition) is 10. The van der Waals surface area contributed by atoms with E-state index in [4.69, 9.17) is 23.7 Å². The van der Waals surface area contributed by atoms with Crippen molar-refractivity contribution < 1.29 is 23.7 Å². The summed E-state index contributed by atoms with van der Waals surface area (Å²) in [6.07, 6.45) is 0. The number of hydrogen-bond donors (Lipinski definition) is 0. The topological polar surface area (TPSA) is 46.2 Å². The number of ether oxygens (including phenoxy) is 5. The first-order valence-corrected chi connectivity index (χ1v) is 17.1. The smallest absolute Gasteiger partial charge is 0.0814 e. The van der Waals surface area contributed by atoms with E-state index in [1.807, 2.05) is 0 Å². The Labute approximate surface area is 254 Å². The van der Waals surface area contributed by atoms with Gasteiger partial charge in [-0.15, -0.1) is 56.7 Å². The van der Waals surface area contributed by atoms with Crippen LogP contribution in [0.4, 0.5) is 0 Å². The molecule has 6 rings (SSSR count). The minimum absolute atomic E-state index is 0.611. The average Bonchev–Trinajstić information content (AvgIpc) is 3.78. The molecule has 1 aliphatic rings. The molecule has 1 aliphatic heterocycles. The fourth-order valence-electron chi connectivity index (χ4n) is 4.15. The third kappa shape index (κ3) is 8.42. The number of thiophene rings is 5. The molecule has 5 nitrogen and oxygen atoms in total. The SMILES string of the molecule is c1cc2sc1COCc1ccc(s1)COCc1ccc(s1)COCc1ccc(s1)COCc1ccc(s1)COC2. The predicted octanol–water partition coefficient (Wildman–Crippen LogP) is 8.89. The van der Waals surface area contributed by atoms with Gasteiger partial charge in [0.25, 0.3) is 0 Å². The van der Waals surface area contributed by atoms with E-state index in [0.717, 1.165) is 0 Å². The summed E-state index contributed by atoms with van der Waals surface area (Å²) < 4.78 is 29.9. The fourth-order valence-corrected chi connectivity index (χ4v) is 8.62. The average molecular weight is 631 g/mol. The molecule has 210 valence electrons. The zero-order chi connectivity index (χ0) is 27.0. The van der Waals surface area contributed by atoms with Crippen molar-refractivity contribution in [3.63, 3.8) is 0 Å². The molecule has 5 aromatic rings. The van der Waals surface area contributed by atoms with Crippen molar-refractivity contribution in [2.75, 3.05) is 0 Å². The van der Waals surface area contributed by atoms with Crippen LogP contribution in [0.5, 0.6) is 0 Å². The Bertz CT molecular complexity index is 1130. The Hall–Kier alpha value is -1.70. The van der Waals surface area contributed by atoms with E-state index in [2.05, 4.69) is 60.7 Å². The summed E-state index contributed by atoms with van der Waals surface area (Å²) in [6, 6.07) is 21.4. The molecular formula is C30H30O5S5. The van der Waals surface area contributed by atoms with Gasteiger partial charge in [-0.1, -0.05) is 0 Å². The van der Waals surface area contributed by atoms with Crippen molar-refractivity contribution in [2.45, 2.75) is 66.1 Å². The van der Waals surface area contributed by atoms with E-state index in [0.29, 0.717) is 66.1 Å². The van der Waals surface area contributed by atoms with E-state index >= 15 is 0 Å². The largest absolute Gasteiger partial charge is 0.370 e. The molecule has 0 N–H and O–H groups in total. The molecule has 0 aliphatic carbocycles. The molecule has 40 heavy (non-hydrogen) atoms. The van der Waals surface area contributed by atoms with Crippen LogP contribution < -0.4 is 0 Å². The van der Waals surface area contributed by atoms with Gasteiger partial charge in [0, 0.05) is 48.8 Å². The van der Waals surface area contributed by atoms with Crippen LogP contribution in [0.1, 0.15) is 48.8 Å². The molecule has 0 aromatic carbocycles. The Kier molecular flexibility index (Phi) is 10.3. The maximum Gasteiger partial charge on any atom is 0.0814 e. The Morgan fingerprint density at radius 1 is 0.250 bits per heavy atom. The van der Waals surface area contributed by atoms with Crippen molar-refractivity contribution in [1.29, 1.82) is 0 Å². The molecule has 0 fully saturated rings. The Balaban J connectivity index is 1.06. The molecule has 10 heteroatoms. The van der Waals surface area contributed by atoms with Crippen LogP contribution in [0.15, 0.2) is 60.7 Å². The van der Waals surface area contributed by atoms with Crippen LogP contribution in [0.2, 0.25) is 0 Å². The molecule has 5 aromatic heterocycles. The van der Waals surface area contributed by atoms with Gasteiger partial charge in [0.1, 0.15) is 0 Å². The van der Waals surface area contributed by atoms with Gasteiger partial charge >= 0.3 is 0 Å². The molecule has 0 atom stereocenters. The van der Waals surface area contributed by atoms with Crippen molar-refractivity contribution in [2.24, 2.45) is 0 Å². The Morgan fingerprint density at radius 2 is 0.375 bits per heavy atom. The normalized spacial score (nSPS) is 16.5. The monoisotopic (exact) mass is 630 g/mol. The second-order valence-corrected chi connectivity index (χ2v) is 15.6. The van der Waals surface area contributed by atoms with Gasteiger partial charge in [-0.2, -0.15) is 0 Å². The summed E-state index contributed by atoms with van der Waals surface area (Å²) in [5.74, 6) is 0. The first kappa shape index (κ1) is 28.4. The van der Waals surface area contributed by atoms with Gasteiger partial charge in [0.15, 0.2) is 0 Å². The summed E-state index contributed by atoms with van der Waals surface area (Å²) >= 11 is 8.76. The van der Waals surface area contributed by atoms with Crippen molar-refractivity contribution in [1.82, 2.24) is 0 Å². The van der Waals surface area contributed by atoms with Gasteiger partial charge in [-0.3, -0.25) is 0 Å². The van der Waals surface area contributed by atoms with E-state index in [9.17, 15) is 0 Å². The van der Waals surface area contributed by atoms with Gasteiger partial charge in [-0.05, 0) is 60.7 Å². The summed E-state index contributed by atoms with van der Waals surface area (Å²) in [5.41, 5.74) is 0. The third-order valence-electron chi connectivity index (χ3n) is 6.03. The maximum absolute atomic E-state index is 5.99. The fraction of sp³-hybridized carbons (Fsp3) is 0.333. The van der Waals surface area contributed by atoms with Gasteiger partial charge < -0.3 is 23.7 Å². The van der Waals surface area contributed by atoms with Crippen LogP contribution >= 0.6 is 56.7 Å². The molecular weight excluding hydrogens is 601 g/mol. The molecule has 10 bridgehead atoms. The molecule has 0 saturated carbocycles. The van der Waals surface area contributed by atoms with E-state index in [-0.39, 0.29) is 0 Å². The quantitative estimate of drug-likeness (QED) is 0.171. The minimum atomic E-state index is 0.611. The van der Waals surface area contributed by atoms with E-state index in [1.165, 1.54) is 48.8 Å². The van der Waals surface area contributed by atoms with Crippen molar-refractivity contribution in [3.05, 3.63) is 109 Å². The minimum Gasteiger partial charge on any atom is -0.370 e. The zero-order valence-electron chi connectivity index (χ0n) is 21.9. The highest BCUT2D eigenvalue weighted by Gasteiger charge is 2.08. The highest BCUT2D eigenvalue weighted by Crippen LogP contribution is 2.26. The van der Waals surface area contributed by atoms with E-state index < -0.39 is 0 Å². The second kappa shape index (κ2) is 14.5.